The van der Waals surface area contributed by atoms with Gasteiger partial charge in [-0.2, -0.15) is 13.2 Å². The summed E-state index contributed by atoms with van der Waals surface area (Å²) in [6.07, 6.45) is -4.53. The molecule has 2 aromatic carbocycles. The van der Waals surface area contributed by atoms with Gasteiger partial charge in [0.1, 0.15) is 22.6 Å². The maximum absolute atomic E-state index is 13.7. The summed E-state index contributed by atoms with van der Waals surface area (Å²) >= 11 is 5.89. The van der Waals surface area contributed by atoms with E-state index in [9.17, 15) is 22.0 Å². The molecule has 0 saturated heterocycles. The van der Waals surface area contributed by atoms with Gasteiger partial charge in [0.2, 0.25) is 0 Å². The third-order valence-electron chi connectivity index (χ3n) is 3.33. The van der Waals surface area contributed by atoms with E-state index >= 15 is 0 Å². The molecule has 3 nitrogen and oxygen atoms in total. The van der Waals surface area contributed by atoms with Crippen LogP contribution < -0.4 is 5.32 Å². The number of alkyl halides is 3. The fourth-order valence-corrected chi connectivity index (χ4v) is 2.36. The van der Waals surface area contributed by atoms with Crippen molar-refractivity contribution >= 4 is 23.1 Å². The van der Waals surface area contributed by atoms with Gasteiger partial charge in [-0.15, -0.1) is 0 Å². The van der Waals surface area contributed by atoms with Gasteiger partial charge in [-0.3, -0.25) is 0 Å². The maximum atomic E-state index is 13.7. The molecule has 0 amide bonds. The molecule has 9 heteroatoms. The predicted molar refractivity (Wildman–Crippen MR) is 87.1 cm³/mol. The fourth-order valence-electron chi connectivity index (χ4n) is 2.18. The average Bonchev–Trinajstić information content (AvgIpc) is 2.57. The quantitative estimate of drug-likeness (QED) is 0.455. The molecular weight excluding hydrogens is 377 g/mol. The van der Waals surface area contributed by atoms with Crippen LogP contribution in [0.3, 0.4) is 0 Å². The molecule has 0 radical (unpaired) electrons. The molecule has 1 heterocycles. The number of anilines is 2. The van der Waals surface area contributed by atoms with Crippen LogP contribution in [0.5, 0.6) is 0 Å². The fraction of sp³-hybridized carbons (Fsp3) is 0.0588. The Morgan fingerprint density at radius 2 is 1.69 bits per heavy atom. The van der Waals surface area contributed by atoms with Gasteiger partial charge >= 0.3 is 6.18 Å². The summed E-state index contributed by atoms with van der Waals surface area (Å²) in [5.74, 6) is -1.50. The number of benzene rings is 2. The van der Waals surface area contributed by atoms with Crippen molar-refractivity contribution in [2.45, 2.75) is 6.18 Å². The number of rotatable bonds is 3. The molecule has 1 aromatic heterocycles. The summed E-state index contributed by atoms with van der Waals surface area (Å²) in [7, 11) is 0. The van der Waals surface area contributed by atoms with Crippen molar-refractivity contribution < 1.29 is 22.0 Å². The molecule has 3 aromatic rings. The Bertz CT molecular complexity index is 959. The molecule has 0 aliphatic heterocycles. The van der Waals surface area contributed by atoms with Crippen LogP contribution in [0, 0.1) is 11.6 Å². The zero-order chi connectivity index (χ0) is 18.9. The number of nitrogens with one attached hydrogen (secondary N) is 1. The van der Waals surface area contributed by atoms with Crippen molar-refractivity contribution in [2.24, 2.45) is 0 Å². The molecule has 0 saturated carbocycles. The van der Waals surface area contributed by atoms with Crippen molar-refractivity contribution in [3.63, 3.8) is 0 Å². The molecule has 0 spiro atoms. The minimum absolute atomic E-state index is 0.00177. The van der Waals surface area contributed by atoms with Crippen LogP contribution in [0.4, 0.5) is 33.5 Å². The monoisotopic (exact) mass is 385 g/mol. The van der Waals surface area contributed by atoms with Crippen LogP contribution >= 0.6 is 11.6 Å². The van der Waals surface area contributed by atoms with E-state index in [1.165, 1.54) is 18.2 Å². The molecule has 0 fully saturated rings. The van der Waals surface area contributed by atoms with Gasteiger partial charge in [-0.25, -0.2) is 18.7 Å². The van der Waals surface area contributed by atoms with E-state index in [1.54, 1.807) is 0 Å². The molecule has 0 atom stereocenters. The first-order valence-corrected chi connectivity index (χ1v) is 7.54. The summed E-state index contributed by atoms with van der Waals surface area (Å²) in [5, 5.41) is 2.46. The van der Waals surface area contributed by atoms with Crippen LogP contribution in [0.15, 0.2) is 48.5 Å². The molecule has 134 valence electrons. The first-order valence-electron chi connectivity index (χ1n) is 7.17. The van der Waals surface area contributed by atoms with E-state index in [4.69, 9.17) is 11.6 Å². The SMILES string of the molecule is Fc1ccc(F)c(Nc2cc(Cl)nc(-c3cccc(C(F)(F)F)c3)n2)c1. The summed E-state index contributed by atoms with van der Waals surface area (Å²) in [4.78, 5) is 7.92. The number of aromatic nitrogens is 2. The van der Waals surface area contributed by atoms with Gasteiger partial charge in [0.05, 0.1) is 11.3 Å². The molecule has 0 aliphatic carbocycles. The lowest BCUT2D eigenvalue weighted by Crippen LogP contribution is -2.05. The van der Waals surface area contributed by atoms with E-state index in [2.05, 4.69) is 15.3 Å². The zero-order valence-corrected chi connectivity index (χ0v) is 13.5. The Morgan fingerprint density at radius 1 is 0.923 bits per heavy atom. The van der Waals surface area contributed by atoms with Crippen molar-refractivity contribution in [2.75, 3.05) is 5.32 Å². The second kappa shape index (κ2) is 6.87. The van der Waals surface area contributed by atoms with Crippen LogP contribution in [-0.4, -0.2) is 9.97 Å². The zero-order valence-electron chi connectivity index (χ0n) is 12.8. The van der Waals surface area contributed by atoms with E-state index in [0.717, 1.165) is 30.3 Å². The van der Waals surface area contributed by atoms with Gasteiger partial charge in [0, 0.05) is 17.7 Å². The molecule has 0 unspecified atom stereocenters. The summed E-state index contributed by atoms with van der Waals surface area (Å²) < 4.78 is 65.6. The molecule has 0 aliphatic rings. The first kappa shape index (κ1) is 18.1. The molecular formula is C17H9ClF5N3. The van der Waals surface area contributed by atoms with Gasteiger partial charge in [-0.05, 0) is 24.3 Å². The number of halogens is 6. The van der Waals surface area contributed by atoms with E-state index in [-0.39, 0.29) is 28.0 Å². The van der Waals surface area contributed by atoms with Crippen LogP contribution in [0.2, 0.25) is 5.15 Å². The molecule has 3 rings (SSSR count). The van der Waals surface area contributed by atoms with Crippen molar-refractivity contribution in [1.82, 2.24) is 9.97 Å². The largest absolute Gasteiger partial charge is 0.416 e. The average molecular weight is 386 g/mol. The van der Waals surface area contributed by atoms with E-state index < -0.39 is 23.4 Å². The Morgan fingerprint density at radius 3 is 2.42 bits per heavy atom. The summed E-state index contributed by atoms with van der Waals surface area (Å²) in [6.45, 7) is 0. The highest BCUT2D eigenvalue weighted by Crippen LogP contribution is 2.32. The molecule has 1 N–H and O–H groups in total. The second-order valence-corrected chi connectivity index (χ2v) is 5.61. The van der Waals surface area contributed by atoms with Crippen LogP contribution in [0.1, 0.15) is 5.56 Å². The van der Waals surface area contributed by atoms with Gasteiger partial charge in [0.15, 0.2) is 5.82 Å². The second-order valence-electron chi connectivity index (χ2n) is 5.23. The van der Waals surface area contributed by atoms with Crippen LogP contribution in [0.25, 0.3) is 11.4 Å². The Balaban J connectivity index is 1.99. The molecule has 26 heavy (non-hydrogen) atoms. The standard InChI is InChI=1S/C17H9ClF5N3/c18-14-8-15(24-13-7-11(19)4-5-12(13)20)26-16(25-14)9-2-1-3-10(6-9)17(21,22)23/h1-8H,(H,24,25,26). The Hall–Kier alpha value is -2.74. The third kappa shape index (κ3) is 4.08. The lowest BCUT2D eigenvalue weighted by Gasteiger charge is -2.11. The van der Waals surface area contributed by atoms with Gasteiger partial charge in [0.25, 0.3) is 0 Å². The lowest BCUT2D eigenvalue weighted by atomic mass is 10.1. The Kier molecular flexibility index (Phi) is 4.78. The smallest absolute Gasteiger partial charge is 0.338 e. The number of nitrogens with zero attached hydrogens (tertiary/aromatic N) is 2. The minimum Gasteiger partial charge on any atom is -0.338 e. The summed E-state index contributed by atoms with van der Waals surface area (Å²) in [5.41, 5.74) is -0.996. The minimum atomic E-state index is -4.53. The highest BCUT2D eigenvalue weighted by Gasteiger charge is 2.30. The highest BCUT2D eigenvalue weighted by atomic mass is 35.5. The first-order chi connectivity index (χ1) is 12.2. The van der Waals surface area contributed by atoms with Gasteiger partial charge < -0.3 is 5.32 Å². The normalized spacial score (nSPS) is 11.5. The van der Waals surface area contributed by atoms with E-state index in [0.29, 0.717) is 0 Å². The topological polar surface area (TPSA) is 37.8 Å². The highest BCUT2D eigenvalue weighted by molar-refractivity contribution is 6.29. The maximum Gasteiger partial charge on any atom is 0.416 e. The van der Waals surface area contributed by atoms with Crippen LogP contribution in [-0.2, 0) is 6.18 Å². The van der Waals surface area contributed by atoms with Crippen molar-refractivity contribution in [1.29, 1.82) is 0 Å². The van der Waals surface area contributed by atoms with Gasteiger partial charge in [-0.1, -0.05) is 23.7 Å². The Labute approximate surface area is 149 Å². The summed E-state index contributed by atoms with van der Waals surface area (Å²) in [6, 6.07) is 8.40. The number of hydrogen-bond donors (Lipinski definition) is 1. The van der Waals surface area contributed by atoms with Crippen molar-refractivity contribution in [3.8, 4) is 11.4 Å². The number of hydrogen-bond acceptors (Lipinski definition) is 3. The van der Waals surface area contributed by atoms with Crippen molar-refractivity contribution in [3.05, 3.63) is 70.9 Å². The lowest BCUT2D eigenvalue weighted by molar-refractivity contribution is -0.137. The van der Waals surface area contributed by atoms with E-state index in [1.807, 2.05) is 0 Å². The predicted octanol–water partition coefficient (Wildman–Crippen LogP) is 5.84. The molecule has 0 bridgehead atoms. The third-order valence-corrected chi connectivity index (χ3v) is 3.53.